The van der Waals surface area contributed by atoms with Gasteiger partial charge >= 0.3 is 5.97 Å². The van der Waals surface area contributed by atoms with Crippen LogP contribution in [-0.4, -0.2) is 44.6 Å². The van der Waals surface area contributed by atoms with Crippen molar-refractivity contribution in [2.24, 2.45) is 0 Å². The van der Waals surface area contributed by atoms with E-state index in [0.29, 0.717) is 35.1 Å². The van der Waals surface area contributed by atoms with Crippen molar-refractivity contribution in [2.75, 3.05) is 32.2 Å². The van der Waals surface area contributed by atoms with E-state index in [1.807, 2.05) is 6.92 Å². The highest BCUT2D eigenvalue weighted by Crippen LogP contribution is 2.17. The molecule has 1 amide bonds. The summed E-state index contributed by atoms with van der Waals surface area (Å²) in [5.74, 6) is 0.394. The van der Waals surface area contributed by atoms with E-state index >= 15 is 0 Å². The highest BCUT2D eigenvalue weighted by atomic mass is 16.5. The predicted octanol–water partition coefficient (Wildman–Crippen LogP) is 4.15. The van der Waals surface area contributed by atoms with Gasteiger partial charge in [-0.15, -0.1) is 0 Å². The lowest BCUT2D eigenvalue weighted by atomic mass is 10.1. The second-order valence-electron chi connectivity index (χ2n) is 7.05. The molecule has 0 heterocycles. The topological polar surface area (TPSA) is 100 Å². The first-order chi connectivity index (χ1) is 16.5. The van der Waals surface area contributed by atoms with Crippen LogP contribution >= 0.6 is 0 Å². The van der Waals surface area contributed by atoms with Gasteiger partial charge in [0.05, 0.1) is 19.3 Å². The van der Waals surface area contributed by atoms with Crippen LogP contribution in [0, 0.1) is 0 Å². The van der Waals surface area contributed by atoms with Gasteiger partial charge in [0.2, 0.25) is 0 Å². The molecule has 0 aliphatic carbocycles. The van der Waals surface area contributed by atoms with Gasteiger partial charge < -0.3 is 24.3 Å². The summed E-state index contributed by atoms with van der Waals surface area (Å²) in [7, 11) is 1.54. The smallest absolute Gasteiger partial charge is 0.338 e. The summed E-state index contributed by atoms with van der Waals surface area (Å²) in [6.07, 6.45) is 0. The van der Waals surface area contributed by atoms with Crippen LogP contribution < -0.4 is 19.5 Å². The molecule has 3 aromatic carbocycles. The van der Waals surface area contributed by atoms with Crippen LogP contribution in [0.4, 0.5) is 5.69 Å². The minimum atomic E-state index is -0.637. The largest absolute Gasteiger partial charge is 0.497 e. The van der Waals surface area contributed by atoms with Crippen LogP contribution in [0.1, 0.15) is 27.6 Å². The zero-order valence-corrected chi connectivity index (χ0v) is 18.9. The van der Waals surface area contributed by atoms with Crippen LogP contribution in [0.5, 0.6) is 17.2 Å². The quantitative estimate of drug-likeness (QED) is 0.337. The van der Waals surface area contributed by atoms with Crippen molar-refractivity contribution in [3.05, 3.63) is 83.9 Å². The molecule has 0 aliphatic rings. The Hall–Kier alpha value is -4.33. The summed E-state index contributed by atoms with van der Waals surface area (Å²) < 4.78 is 21.0. The van der Waals surface area contributed by atoms with Crippen molar-refractivity contribution in [2.45, 2.75) is 6.92 Å². The van der Waals surface area contributed by atoms with Crippen LogP contribution in [0.15, 0.2) is 72.8 Å². The summed E-state index contributed by atoms with van der Waals surface area (Å²) in [5.41, 5.74) is 1.27. The Morgan fingerprint density at radius 1 is 0.765 bits per heavy atom. The molecule has 0 saturated carbocycles. The van der Waals surface area contributed by atoms with Crippen LogP contribution in [-0.2, 0) is 9.53 Å². The number of hydrogen-bond acceptors (Lipinski definition) is 7. The van der Waals surface area contributed by atoms with Crippen LogP contribution in [0.2, 0.25) is 0 Å². The van der Waals surface area contributed by atoms with Crippen molar-refractivity contribution >= 4 is 23.3 Å². The molecule has 0 spiro atoms. The van der Waals surface area contributed by atoms with Crippen LogP contribution in [0.3, 0.4) is 0 Å². The van der Waals surface area contributed by atoms with Crippen molar-refractivity contribution in [3.8, 4) is 17.2 Å². The number of rotatable bonds is 11. The number of nitrogens with one attached hydrogen (secondary N) is 1. The molecule has 34 heavy (non-hydrogen) atoms. The number of carbonyl (C=O) groups excluding carboxylic acids is 3. The maximum absolute atomic E-state index is 12.2. The summed E-state index contributed by atoms with van der Waals surface area (Å²) in [6.45, 7) is 1.82. The van der Waals surface area contributed by atoms with Crippen LogP contribution in [0.25, 0.3) is 0 Å². The highest BCUT2D eigenvalue weighted by Gasteiger charge is 2.13. The standard InChI is InChI=1S/C26H25NO7/c1-3-32-21-11-7-18(8-12-21)24(28)16-34-26(30)19-9-13-22(14-10-19)33-17-25(29)27-20-5-4-6-23(15-20)31-2/h4-15H,3,16-17H2,1-2H3,(H,27,29). The third-order valence-electron chi connectivity index (χ3n) is 4.64. The predicted molar refractivity (Wildman–Crippen MR) is 126 cm³/mol. The maximum atomic E-state index is 12.2. The Labute approximate surface area is 197 Å². The molecule has 0 atom stereocenters. The fourth-order valence-electron chi connectivity index (χ4n) is 2.94. The van der Waals surface area contributed by atoms with Crippen molar-refractivity contribution in [3.63, 3.8) is 0 Å². The molecule has 1 N–H and O–H groups in total. The minimum absolute atomic E-state index is 0.211. The molecule has 0 saturated heterocycles. The van der Waals surface area contributed by atoms with E-state index < -0.39 is 5.97 Å². The number of esters is 1. The number of anilines is 1. The van der Waals surface area contributed by atoms with Gasteiger partial charge in [0.25, 0.3) is 5.91 Å². The summed E-state index contributed by atoms with van der Waals surface area (Å²) >= 11 is 0. The molecule has 0 aromatic heterocycles. The van der Waals surface area contributed by atoms with E-state index in [2.05, 4.69) is 5.32 Å². The molecule has 3 aromatic rings. The first kappa shape index (κ1) is 24.3. The van der Waals surface area contributed by atoms with Gasteiger partial charge in [0, 0.05) is 17.3 Å². The van der Waals surface area contributed by atoms with Gasteiger partial charge in [-0.05, 0) is 67.6 Å². The molecule has 0 aliphatic heterocycles. The summed E-state index contributed by atoms with van der Waals surface area (Å²) in [5, 5.41) is 2.71. The third-order valence-corrected chi connectivity index (χ3v) is 4.64. The van der Waals surface area contributed by atoms with Crippen molar-refractivity contribution in [1.82, 2.24) is 0 Å². The number of ketones is 1. The van der Waals surface area contributed by atoms with Gasteiger partial charge in [-0.2, -0.15) is 0 Å². The molecular formula is C26H25NO7. The molecular weight excluding hydrogens is 438 g/mol. The van der Waals surface area contributed by atoms with E-state index in [4.69, 9.17) is 18.9 Å². The third kappa shape index (κ3) is 7.09. The molecule has 8 heteroatoms. The molecule has 0 radical (unpaired) electrons. The number of benzene rings is 3. The number of methoxy groups -OCH3 is 1. The maximum Gasteiger partial charge on any atom is 0.338 e. The molecule has 176 valence electrons. The fourth-order valence-corrected chi connectivity index (χ4v) is 2.94. The molecule has 0 bridgehead atoms. The summed E-state index contributed by atoms with van der Waals surface area (Å²) in [4.78, 5) is 36.6. The lowest BCUT2D eigenvalue weighted by Gasteiger charge is -2.09. The van der Waals surface area contributed by atoms with Gasteiger partial charge in [0.15, 0.2) is 19.0 Å². The van der Waals surface area contributed by atoms with Gasteiger partial charge in [-0.3, -0.25) is 9.59 Å². The Kier molecular flexibility index (Phi) is 8.62. The number of ether oxygens (including phenoxy) is 4. The zero-order chi connectivity index (χ0) is 24.3. The lowest BCUT2D eigenvalue weighted by Crippen LogP contribution is -2.20. The zero-order valence-electron chi connectivity index (χ0n) is 18.9. The normalized spacial score (nSPS) is 10.2. The average Bonchev–Trinajstić information content (AvgIpc) is 2.87. The first-order valence-corrected chi connectivity index (χ1v) is 10.6. The average molecular weight is 463 g/mol. The number of amides is 1. The Balaban J connectivity index is 1.45. The van der Waals surface area contributed by atoms with Gasteiger partial charge in [0.1, 0.15) is 17.2 Å². The monoisotopic (exact) mass is 463 g/mol. The van der Waals surface area contributed by atoms with Crippen molar-refractivity contribution < 1.29 is 33.3 Å². The first-order valence-electron chi connectivity index (χ1n) is 10.6. The second kappa shape index (κ2) is 12.1. The minimum Gasteiger partial charge on any atom is -0.497 e. The number of hydrogen-bond donors (Lipinski definition) is 1. The second-order valence-corrected chi connectivity index (χ2v) is 7.05. The molecule has 3 rings (SSSR count). The molecule has 0 unspecified atom stereocenters. The summed E-state index contributed by atoms with van der Waals surface area (Å²) in [6, 6.07) is 19.7. The Bertz CT molecular complexity index is 1120. The Morgan fingerprint density at radius 2 is 1.41 bits per heavy atom. The number of Topliss-reactive ketones (excluding diaryl/α,β-unsaturated/α-hetero) is 1. The molecule has 0 fully saturated rings. The van der Waals surface area contributed by atoms with Gasteiger partial charge in [-0.25, -0.2) is 4.79 Å². The van der Waals surface area contributed by atoms with E-state index in [1.165, 1.54) is 12.1 Å². The lowest BCUT2D eigenvalue weighted by molar-refractivity contribution is -0.118. The number of carbonyl (C=O) groups is 3. The van der Waals surface area contributed by atoms with Gasteiger partial charge in [-0.1, -0.05) is 6.07 Å². The van der Waals surface area contributed by atoms with E-state index in [0.717, 1.165) is 0 Å². The fraction of sp³-hybridized carbons (Fsp3) is 0.192. The van der Waals surface area contributed by atoms with E-state index in [-0.39, 0.29) is 30.5 Å². The molecule has 8 nitrogen and oxygen atoms in total. The highest BCUT2D eigenvalue weighted by molar-refractivity contribution is 5.99. The van der Waals surface area contributed by atoms with Crippen molar-refractivity contribution in [1.29, 1.82) is 0 Å². The van der Waals surface area contributed by atoms with E-state index in [1.54, 1.807) is 67.8 Å². The SMILES string of the molecule is CCOc1ccc(C(=O)COC(=O)c2ccc(OCC(=O)Nc3cccc(OC)c3)cc2)cc1. The van der Waals surface area contributed by atoms with E-state index in [9.17, 15) is 14.4 Å². The Morgan fingerprint density at radius 3 is 2.06 bits per heavy atom.